The van der Waals surface area contributed by atoms with Gasteiger partial charge in [-0.3, -0.25) is 9.78 Å². The molecular formula is C23H16ClN5O2. The summed E-state index contributed by atoms with van der Waals surface area (Å²) in [4.78, 5) is 21.4. The summed E-state index contributed by atoms with van der Waals surface area (Å²) in [5.74, 6) is -0.279. The Morgan fingerprint density at radius 3 is 2.71 bits per heavy atom. The van der Waals surface area contributed by atoms with Crippen LogP contribution >= 0.6 is 11.6 Å². The molecule has 152 valence electrons. The first-order valence-electron chi connectivity index (χ1n) is 9.57. The maximum absolute atomic E-state index is 13.3. The lowest BCUT2D eigenvalue weighted by atomic mass is 10.1. The Morgan fingerprint density at radius 1 is 1.10 bits per heavy atom. The maximum Gasteiger partial charge on any atom is 0.289 e. The first kappa shape index (κ1) is 19.1. The molecule has 3 heterocycles. The summed E-state index contributed by atoms with van der Waals surface area (Å²) < 4.78 is 7.64. The van der Waals surface area contributed by atoms with Gasteiger partial charge < -0.3 is 8.98 Å². The molecule has 0 aliphatic heterocycles. The van der Waals surface area contributed by atoms with Crippen molar-refractivity contribution in [3.05, 3.63) is 94.9 Å². The molecule has 0 saturated heterocycles. The first-order valence-corrected chi connectivity index (χ1v) is 9.95. The Balaban J connectivity index is 1.55. The second-order valence-corrected chi connectivity index (χ2v) is 7.59. The molecule has 0 spiro atoms. The second-order valence-electron chi connectivity index (χ2n) is 7.15. The molecule has 31 heavy (non-hydrogen) atoms. The minimum Gasteiger partial charge on any atom is -0.412 e. The number of carbonyl (C=O) groups excluding carboxylic acids is 1. The highest BCUT2D eigenvalue weighted by Crippen LogP contribution is 2.27. The number of aryl methyl sites for hydroxylation is 1. The van der Waals surface area contributed by atoms with E-state index in [1.165, 1.54) is 12.4 Å². The molecule has 2 aromatic carbocycles. The molecule has 7 nitrogen and oxygen atoms in total. The van der Waals surface area contributed by atoms with Crippen LogP contribution in [0.3, 0.4) is 0 Å². The Kier molecular flexibility index (Phi) is 4.80. The van der Waals surface area contributed by atoms with Gasteiger partial charge in [0, 0.05) is 41.1 Å². The number of nitrogens with zero attached hydrogens (tertiary/aromatic N) is 5. The monoisotopic (exact) mass is 429 g/mol. The Hall–Kier alpha value is -3.84. The quantitative estimate of drug-likeness (QED) is 0.375. The van der Waals surface area contributed by atoms with Crippen molar-refractivity contribution >= 4 is 28.3 Å². The smallest absolute Gasteiger partial charge is 0.289 e. The highest BCUT2D eigenvalue weighted by atomic mass is 35.5. The Bertz CT molecular complexity index is 1390. The lowest BCUT2D eigenvalue weighted by Gasteiger charge is -2.06. The molecule has 8 heteroatoms. The molecule has 0 unspecified atom stereocenters. The predicted molar refractivity (Wildman–Crippen MR) is 116 cm³/mol. The molecule has 0 saturated carbocycles. The van der Waals surface area contributed by atoms with Crippen LogP contribution in [0, 0.1) is 6.92 Å². The van der Waals surface area contributed by atoms with Crippen molar-refractivity contribution in [2.24, 2.45) is 0 Å². The van der Waals surface area contributed by atoms with Crippen molar-refractivity contribution in [2.45, 2.75) is 13.5 Å². The van der Waals surface area contributed by atoms with E-state index < -0.39 is 0 Å². The van der Waals surface area contributed by atoms with Crippen LogP contribution in [0.5, 0.6) is 0 Å². The number of rotatable bonds is 5. The van der Waals surface area contributed by atoms with Crippen molar-refractivity contribution in [3.63, 3.8) is 0 Å². The molecule has 0 aliphatic carbocycles. The summed E-state index contributed by atoms with van der Waals surface area (Å²) in [5, 5.41) is 9.41. The number of carbonyl (C=O) groups is 1. The van der Waals surface area contributed by atoms with Gasteiger partial charge in [0.05, 0.1) is 11.8 Å². The summed E-state index contributed by atoms with van der Waals surface area (Å²) >= 11 is 6.00. The van der Waals surface area contributed by atoms with E-state index in [9.17, 15) is 4.79 Å². The number of benzene rings is 2. The average molecular weight is 430 g/mol. The van der Waals surface area contributed by atoms with Crippen LogP contribution in [0.1, 0.15) is 27.4 Å². The van der Waals surface area contributed by atoms with E-state index >= 15 is 0 Å². The molecule has 0 bridgehead atoms. The van der Waals surface area contributed by atoms with Crippen LogP contribution in [0.2, 0.25) is 5.02 Å². The van der Waals surface area contributed by atoms with E-state index in [0.29, 0.717) is 22.8 Å². The highest BCUT2D eigenvalue weighted by molar-refractivity contribution is 6.30. The van der Waals surface area contributed by atoms with E-state index in [0.717, 1.165) is 22.0 Å². The zero-order valence-electron chi connectivity index (χ0n) is 16.5. The third kappa shape index (κ3) is 3.71. The standard InChI is InChI=1S/C23H16ClN5O2/c1-14-2-7-20-17(10-14)18(13-29(20)12-15-3-5-16(24)6-4-15)21(30)23-28-27-22(31-23)19-11-25-8-9-26-19/h2-11,13H,12H2,1H3. The number of ketones is 1. The lowest BCUT2D eigenvalue weighted by Crippen LogP contribution is -2.02. The van der Waals surface area contributed by atoms with Crippen LogP contribution in [-0.2, 0) is 6.54 Å². The first-order chi connectivity index (χ1) is 15.1. The topological polar surface area (TPSA) is 86.7 Å². The van der Waals surface area contributed by atoms with Crippen LogP contribution in [0.4, 0.5) is 0 Å². The van der Waals surface area contributed by atoms with E-state index in [4.69, 9.17) is 16.0 Å². The van der Waals surface area contributed by atoms with E-state index in [2.05, 4.69) is 20.2 Å². The molecule has 3 aromatic heterocycles. The number of aromatic nitrogens is 5. The minimum atomic E-state index is -0.340. The third-order valence-corrected chi connectivity index (χ3v) is 5.20. The SMILES string of the molecule is Cc1ccc2c(c1)c(C(=O)c1nnc(-c3cnccn3)o1)cn2Cc1ccc(Cl)cc1. The average Bonchev–Trinajstić information content (AvgIpc) is 3.41. The number of hydrogen-bond donors (Lipinski definition) is 0. The Labute approximate surface area is 182 Å². The second kappa shape index (κ2) is 7.77. The van der Waals surface area contributed by atoms with Crippen molar-refractivity contribution in [3.8, 4) is 11.6 Å². The zero-order valence-corrected chi connectivity index (χ0v) is 17.2. The fourth-order valence-electron chi connectivity index (χ4n) is 3.45. The molecule has 0 N–H and O–H groups in total. The molecule has 0 fully saturated rings. The van der Waals surface area contributed by atoms with Gasteiger partial charge in [-0.05, 0) is 36.8 Å². The third-order valence-electron chi connectivity index (χ3n) is 4.95. The predicted octanol–water partition coefficient (Wildman–Crippen LogP) is 4.72. The lowest BCUT2D eigenvalue weighted by molar-refractivity contribution is 0.100. The van der Waals surface area contributed by atoms with Crippen molar-refractivity contribution in [2.75, 3.05) is 0 Å². The van der Waals surface area contributed by atoms with E-state index in [-0.39, 0.29) is 17.6 Å². The van der Waals surface area contributed by atoms with Crippen LogP contribution in [-0.4, -0.2) is 30.5 Å². The van der Waals surface area contributed by atoms with Gasteiger partial charge in [0.2, 0.25) is 0 Å². The van der Waals surface area contributed by atoms with Gasteiger partial charge in [-0.1, -0.05) is 35.4 Å². The van der Waals surface area contributed by atoms with Crippen LogP contribution in [0.25, 0.3) is 22.5 Å². The summed E-state index contributed by atoms with van der Waals surface area (Å²) in [6, 6.07) is 13.7. The van der Waals surface area contributed by atoms with Gasteiger partial charge >= 0.3 is 0 Å². The largest absolute Gasteiger partial charge is 0.412 e. The highest BCUT2D eigenvalue weighted by Gasteiger charge is 2.23. The van der Waals surface area contributed by atoms with Crippen LogP contribution < -0.4 is 0 Å². The van der Waals surface area contributed by atoms with Gasteiger partial charge in [0.15, 0.2) is 0 Å². The maximum atomic E-state index is 13.3. The summed E-state index contributed by atoms with van der Waals surface area (Å²) in [5.41, 5.74) is 3.98. The summed E-state index contributed by atoms with van der Waals surface area (Å²) in [7, 11) is 0. The van der Waals surface area contributed by atoms with Crippen molar-refractivity contribution < 1.29 is 9.21 Å². The van der Waals surface area contributed by atoms with Gasteiger partial charge in [0.25, 0.3) is 17.6 Å². The Morgan fingerprint density at radius 2 is 1.94 bits per heavy atom. The van der Waals surface area contributed by atoms with Crippen molar-refractivity contribution in [1.82, 2.24) is 24.7 Å². The van der Waals surface area contributed by atoms with Gasteiger partial charge in [-0.15, -0.1) is 10.2 Å². The molecule has 0 amide bonds. The van der Waals surface area contributed by atoms with Gasteiger partial charge in [-0.2, -0.15) is 0 Å². The molecule has 5 rings (SSSR count). The molecular weight excluding hydrogens is 414 g/mol. The summed E-state index contributed by atoms with van der Waals surface area (Å²) in [6.07, 6.45) is 6.40. The normalized spacial score (nSPS) is 11.2. The van der Waals surface area contributed by atoms with E-state index in [1.54, 1.807) is 6.20 Å². The molecule has 5 aromatic rings. The van der Waals surface area contributed by atoms with Crippen LogP contribution in [0.15, 0.2) is 71.7 Å². The molecule has 0 atom stereocenters. The van der Waals surface area contributed by atoms with Gasteiger partial charge in [0.1, 0.15) is 5.69 Å². The zero-order chi connectivity index (χ0) is 21.4. The number of hydrogen-bond acceptors (Lipinski definition) is 6. The van der Waals surface area contributed by atoms with Crippen molar-refractivity contribution in [1.29, 1.82) is 0 Å². The fraction of sp³-hybridized carbons (Fsp3) is 0.0870. The molecule has 0 aliphatic rings. The number of fused-ring (bicyclic) bond motifs is 1. The molecule has 0 radical (unpaired) electrons. The number of halogens is 1. The minimum absolute atomic E-state index is 0.0901. The summed E-state index contributed by atoms with van der Waals surface area (Å²) in [6.45, 7) is 2.59. The van der Waals surface area contributed by atoms with Gasteiger partial charge in [-0.25, -0.2) is 4.98 Å². The fourth-order valence-corrected chi connectivity index (χ4v) is 3.58. The van der Waals surface area contributed by atoms with E-state index in [1.807, 2.05) is 60.2 Å².